The first-order chi connectivity index (χ1) is 9.34. The van der Waals surface area contributed by atoms with Crippen molar-refractivity contribution in [3.63, 3.8) is 0 Å². The highest BCUT2D eigenvalue weighted by Gasteiger charge is 2.34. The average molecular weight is 280 g/mol. The summed E-state index contributed by atoms with van der Waals surface area (Å²) in [4.78, 5) is 35.7. The van der Waals surface area contributed by atoms with Crippen molar-refractivity contribution in [2.24, 2.45) is 5.92 Å². The SMILES string of the molecule is COC1=C(OC)C(=O)C(CCC(C)C(C)=O)=C(C)C1=O. The zero-order valence-corrected chi connectivity index (χ0v) is 12.5. The summed E-state index contributed by atoms with van der Waals surface area (Å²) in [5.74, 6) is -0.867. The molecular formula is C15H20O5. The Morgan fingerprint density at radius 1 is 1.10 bits per heavy atom. The number of methoxy groups -OCH3 is 2. The van der Waals surface area contributed by atoms with E-state index in [4.69, 9.17) is 9.47 Å². The van der Waals surface area contributed by atoms with Gasteiger partial charge in [0.2, 0.25) is 23.1 Å². The monoisotopic (exact) mass is 280 g/mol. The lowest BCUT2D eigenvalue weighted by Gasteiger charge is -2.20. The van der Waals surface area contributed by atoms with Gasteiger partial charge in [-0.3, -0.25) is 14.4 Å². The first kappa shape index (κ1) is 16.1. The Balaban J connectivity index is 3.03. The second-order valence-corrected chi connectivity index (χ2v) is 4.88. The van der Waals surface area contributed by atoms with Crippen LogP contribution in [0.15, 0.2) is 22.7 Å². The van der Waals surface area contributed by atoms with Gasteiger partial charge in [0, 0.05) is 17.1 Å². The van der Waals surface area contributed by atoms with Crippen LogP contribution in [0, 0.1) is 5.92 Å². The van der Waals surface area contributed by atoms with Crippen LogP contribution in [0.25, 0.3) is 0 Å². The predicted octanol–water partition coefficient (Wildman–Crippen LogP) is 1.96. The van der Waals surface area contributed by atoms with E-state index in [9.17, 15) is 14.4 Å². The quantitative estimate of drug-likeness (QED) is 0.696. The third kappa shape index (κ3) is 2.98. The molecule has 0 radical (unpaired) electrons. The van der Waals surface area contributed by atoms with Gasteiger partial charge in [0.1, 0.15) is 5.78 Å². The van der Waals surface area contributed by atoms with Crippen LogP contribution in [0.2, 0.25) is 0 Å². The van der Waals surface area contributed by atoms with Crippen LogP contribution in [0.4, 0.5) is 0 Å². The normalized spacial score (nSPS) is 17.4. The molecule has 0 saturated carbocycles. The van der Waals surface area contributed by atoms with Crippen molar-refractivity contribution in [2.45, 2.75) is 33.6 Å². The molecule has 0 aromatic heterocycles. The lowest BCUT2D eigenvalue weighted by Crippen LogP contribution is -2.25. The Kier molecular flexibility index (Phi) is 5.25. The number of allylic oxidation sites excluding steroid dienone is 2. The van der Waals surface area contributed by atoms with Gasteiger partial charge in [0.15, 0.2) is 0 Å². The maximum absolute atomic E-state index is 12.3. The molecule has 0 N–H and O–H groups in total. The molecule has 0 aromatic rings. The van der Waals surface area contributed by atoms with Gasteiger partial charge in [-0.25, -0.2) is 0 Å². The number of rotatable bonds is 6. The molecule has 1 unspecified atom stereocenters. The molecular weight excluding hydrogens is 260 g/mol. The van der Waals surface area contributed by atoms with Gasteiger partial charge in [0.05, 0.1) is 14.2 Å². The summed E-state index contributed by atoms with van der Waals surface area (Å²) in [6.45, 7) is 4.92. The highest BCUT2D eigenvalue weighted by molar-refractivity contribution is 6.23. The lowest BCUT2D eigenvalue weighted by atomic mass is 9.87. The molecule has 0 aromatic carbocycles. The lowest BCUT2D eigenvalue weighted by molar-refractivity contribution is -0.121. The molecule has 0 aliphatic heterocycles. The molecule has 1 rings (SSSR count). The Hall–Kier alpha value is -1.91. The number of hydrogen-bond donors (Lipinski definition) is 0. The molecule has 1 aliphatic carbocycles. The molecule has 20 heavy (non-hydrogen) atoms. The summed E-state index contributed by atoms with van der Waals surface area (Å²) < 4.78 is 9.95. The predicted molar refractivity (Wildman–Crippen MR) is 72.8 cm³/mol. The van der Waals surface area contributed by atoms with Crippen LogP contribution in [0.3, 0.4) is 0 Å². The molecule has 0 amide bonds. The minimum absolute atomic E-state index is 0.0571. The summed E-state index contributed by atoms with van der Waals surface area (Å²) in [6, 6.07) is 0. The van der Waals surface area contributed by atoms with E-state index in [1.54, 1.807) is 13.8 Å². The van der Waals surface area contributed by atoms with Gasteiger partial charge >= 0.3 is 0 Å². The molecule has 1 aliphatic rings. The first-order valence-electron chi connectivity index (χ1n) is 6.46. The number of ketones is 3. The van der Waals surface area contributed by atoms with Gasteiger partial charge in [-0.1, -0.05) is 6.92 Å². The maximum atomic E-state index is 12.3. The largest absolute Gasteiger partial charge is 0.489 e. The molecule has 1 atom stereocenters. The molecule has 0 heterocycles. The van der Waals surface area contributed by atoms with Gasteiger partial charge in [-0.05, 0) is 26.7 Å². The van der Waals surface area contributed by atoms with Crippen molar-refractivity contribution < 1.29 is 23.9 Å². The minimum atomic E-state index is -0.338. The van der Waals surface area contributed by atoms with Crippen LogP contribution >= 0.6 is 0 Å². The molecule has 110 valence electrons. The fraction of sp³-hybridized carbons (Fsp3) is 0.533. The van der Waals surface area contributed by atoms with E-state index in [1.807, 2.05) is 0 Å². The number of ether oxygens (including phenoxy) is 2. The standard InChI is InChI=1S/C15H20O5/c1-8(10(3)16)6-7-11-9(2)12(17)14(19-4)15(20-5)13(11)18/h8H,6-7H2,1-5H3. The van der Waals surface area contributed by atoms with Crippen molar-refractivity contribution in [1.82, 2.24) is 0 Å². The van der Waals surface area contributed by atoms with Crippen molar-refractivity contribution in [3.8, 4) is 0 Å². The van der Waals surface area contributed by atoms with E-state index in [2.05, 4.69) is 0 Å². The summed E-state index contributed by atoms with van der Waals surface area (Å²) in [7, 11) is 2.66. The zero-order chi connectivity index (χ0) is 15.4. The van der Waals surface area contributed by atoms with Crippen LogP contribution in [-0.2, 0) is 23.9 Å². The van der Waals surface area contributed by atoms with E-state index in [1.165, 1.54) is 21.1 Å². The van der Waals surface area contributed by atoms with Crippen molar-refractivity contribution in [2.75, 3.05) is 14.2 Å². The van der Waals surface area contributed by atoms with Gasteiger partial charge < -0.3 is 9.47 Å². The number of carbonyl (C=O) groups excluding carboxylic acids is 3. The van der Waals surface area contributed by atoms with Gasteiger partial charge in [-0.2, -0.15) is 0 Å². The van der Waals surface area contributed by atoms with E-state index in [0.717, 1.165) is 0 Å². The van der Waals surface area contributed by atoms with Gasteiger partial charge in [0.25, 0.3) is 0 Å². The molecule has 5 nitrogen and oxygen atoms in total. The Bertz CT molecular complexity index is 510. The topological polar surface area (TPSA) is 69.7 Å². The smallest absolute Gasteiger partial charge is 0.228 e. The minimum Gasteiger partial charge on any atom is -0.489 e. The second kappa shape index (κ2) is 6.50. The van der Waals surface area contributed by atoms with E-state index < -0.39 is 0 Å². The van der Waals surface area contributed by atoms with Crippen LogP contribution in [-0.4, -0.2) is 31.6 Å². The van der Waals surface area contributed by atoms with E-state index in [0.29, 0.717) is 24.0 Å². The fourth-order valence-electron chi connectivity index (χ4n) is 2.06. The van der Waals surface area contributed by atoms with E-state index in [-0.39, 0.29) is 34.8 Å². The number of Topliss-reactive ketones (excluding diaryl/α,β-unsaturated/α-hetero) is 3. The molecule has 0 saturated heterocycles. The van der Waals surface area contributed by atoms with Crippen LogP contribution in [0.5, 0.6) is 0 Å². The van der Waals surface area contributed by atoms with Crippen molar-refractivity contribution >= 4 is 17.3 Å². The highest BCUT2D eigenvalue weighted by Crippen LogP contribution is 2.29. The molecule has 5 heteroatoms. The maximum Gasteiger partial charge on any atom is 0.228 e. The second-order valence-electron chi connectivity index (χ2n) is 4.88. The summed E-state index contributed by atoms with van der Waals surface area (Å²) in [6.07, 6.45) is 0.904. The third-order valence-corrected chi connectivity index (χ3v) is 3.62. The Morgan fingerprint density at radius 3 is 2.05 bits per heavy atom. The van der Waals surface area contributed by atoms with Gasteiger partial charge in [-0.15, -0.1) is 0 Å². The van der Waals surface area contributed by atoms with Crippen molar-refractivity contribution in [3.05, 3.63) is 22.7 Å². The third-order valence-electron chi connectivity index (χ3n) is 3.62. The molecule has 0 spiro atoms. The summed E-state index contributed by atoms with van der Waals surface area (Å²) in [5, 5.41) is 0. The van der Waals surface area contributed by atoms with Crippen LogP contribution in [0.1, 0.15) is 33.6 Å². The Labute approximate surface area is 118 Å². The number of hydrogen-bond acceptors (Lipinski definition) is 5. The summed E-state index contributed by atoms with van der Waals surface area (Å²) >= 11 is 0. The van der Waals surface area contributed by atoms with Crippen molar-refractivity contribution in [1.29, 1.82) is 0 Å². The zero-order valence-electron chi connectivity index (χ0n) is 12.5. The number of carbonyl (C=O) groups is 3. The molecule has 0 fully saturated rings. The molecule has 0 bridgehead atoms. The van der Waals surface area contributed by atoms with E-state index >= 15 is 0 Å². The summed E-state index contributed by atoms with van der Waals surface area (Å²) in [5.41, 5.74) is 0.768. The average Bonchev–Trinajstić information content (AvgIpc) is 2.41. The highest BCUT2D eigenvalue weighted by atomic mass is 16.5. The fourth-order valence-corrected chi connectivity index (χ4v) is 2.06. The Morgan fingerprint density at radius 2 is 1.60 bits per heavy atom. The first-order valence-corrected chi connectivity index (χ1v) is 6.46. The van der Waals surface area contributed by atoms with Crippen LogP contribution < -0.4 is 0 Å².